The Labute approximate surface area is 181 Å². The number of carbonyl (C=O) groups is 1. The number of benzene rings is 2. The molecule has 2 heterocycles. The van der Waals surface area contributed by atoms with Crippen LogP contribution in [0.2, 0.25) is 0 Å². The van der Waals surface area contributed by atoms with E-state index >= 15 is 0 Å². The van der Waals surface area contributed by atoms with Crippen molar-refractivity contribution in [3.8, 4) is 5.69 Å². The molecule has 1 fully saturated rings. The molecule has 0 bridgehead atoms. The van der Waals surface area contributed by atoms with Gasteiger partial charge in [-0.3, -0.25) is 4.79 Å². The SMILES string of the molecule is CN(C)c1ccc(CN(CC2CCCO2)C(=O)c2ccn(-c3cccc(F)c3)n2)cc1. The van der Waals surface area contributed by atoms with Crippen LogP contribution in [0.25, 0.3) is 5.69 Å². The summed E-state index contributed by atoms with van der Waals surface area (Å²) in [6.07, 6.45) is 3.67. The molecule has 0 spiro atoms. The van der Waals surface area contributed by atoms with Crippen molar-refractivity contribution < 1.29 is 13.9 Å². The average Bonchev–Trinajstić information content (AvgIpc) is 3.45. The van der Waals surface area contributed by atoms with E-state index in [0.717, 1.165) is 30.7 Å². The Kier molecular flexibility index (Phi) is 6.32. The summed E-state index contributed by atoms with van der Waals surface area (Å²) in [7, 11) is 3.99. The van der Waals surface area contributed by atoms with E-state index in [1.165, 1.54) is 16.8 Å². The van der Waals surface area contributed by atoms with Gasteiger partial charge in [0.05, 0.1) is 11.8 Å². The van der Waals surface area contributed by atoms with E-state index in [9.17, 15) is 9.18 Å². The van der Waals surface area contributed by atoms with E-state index in [2.05, 4.69) is 5.10 Å². The predicted molar refractivity (Wildman–Crippen MR) is 118 cm³/mol. The second-order valence-electron chi connectivity index (χ2n) is 8.01. The van der Waals surface area contributed by atoms with Crippen LogP contribution in [-0.2, 0) is 11.3 Å². The van der Waals surface area contributed by atoms with Crippen molar-refractivity contribution in [2.45, 2.75) is 25.5 Å². The molecular formula is C24H27FN4O2. The molecule has 1 aromatic heterocycles. The van der Waals surface area contributed by atoms with Gasteiger partial charge in [0, 0.05) is 45.7 Å². The van der Waals surface area contributed by atoms with Gasteiger partial charge in [0.2, 0.25) is 0 Å². The Morgan fingerprint density at radius 3 is 2.68 bits per heavy atom. The monoisotopic (exact) mass is 422 g/mol. The standard InChI is InChI=1S/C24H27FN4O2/c1-27(2)20-10-8-18(9-11-20)16-28(17-22-7-4-14-31-22)24(30)23-12-13-29(26-23)21-6-3-5-19(25)15-21/h3,5-6,8-13,15,22H,4,7,14,16-17H2,1-2H3. The van der Waals surface area contributed by atoms with E-state index in [4.69, 9.17) is 4.74 Å². The molecule has 0 radical (unpaired) electrons. The van der Waals surface area contributed by atoms with Gasteiger partial charge in [0.1, 0.15) is 5.82 Å². The van der Waals surface area contributed by atoms with Gasteiger partial charge in [-0.05, 0) is 54.8 Å². The Morgan fingerprint density at radius 1 is 1.19 bits per heavy atom. The second kappa shape index (κ2) is 9.31. The molecular weight excluding hydrogens is 395 g/mol. The molecule has 1 aliphatic rings. The number of carbonyl (C=O) groups excluding carboxylic acids is 1. The molecule has 6 nitrogen and oxygen atoms in total. The van der Waals surface area contributed by atoms with Gasteiger partial charge in [-0.1, -0.05) is 18.2 Å². The third-order valence-electron chi connectivity index (χ3n) is 5.44. The van der Waals surface area contributed by atoms with Crippen LogP contribution in [0.4, 0.5) is 10.1 Å². The lowest BCUT2D eigenvalue weighted by Crippen LogP contribution is -2.37. The maximum atomic E-state index is 13.6. The summed E-state index contributed by atoms with van der Waals surface area (Å²) in [5.41, 5.74) is 3.05. The Morgan fingerprint density at radius 2 is 2.00 bits per heavy atom. The quantitative estimate of drug-likeness (QED) is 0.580. The highest BCUT2D eigenvalue weighted by Crippen LogP contribution is 2.19. The number of anilines is 1. The van der Waals surface area contributed by atoms with E-state index in [1.54, 1.807) is 29.3 Å². The molecule has 2 aromatic carbocycles. The molecule has 0 N–H and O–H groups in total. The normalized spacial score (nSPS) is 15.8. The Bertz CT molecular complexity index is 1030. The molecule has 162 valence electrons. The van der Waals surface area contributed by atoms with Gasteiger partial charge in [0.15, 0.2) is 5.69 Å². The van der Waals surface area contributed by atoms with Gasteiger partial charge in [-0.15, -0.1) is 0 Å². The maximum absolute atomic E-state index is 13.6. The van der Waals surface area contributed by atoms with Crippen molar-refractivity contribution in [1.82, 2.24) is 14.7 Å². The van der Waals surface area contributed by atoms with Crippen LogP contribution in [0.5, 0.6) is 0 Å². The zero-order chi connectivity index (χ0) is 21.8. The van der Waals surface area contributed by atoms with E-state index in [-0.39, 0.29) is 17.8 Å². The van der Waals surface area contributed by atoms with Gasteiger partial charge in [-0.2, -0.15) is 5.10 Å². The fourth-order valence-electron chi connectivity index (χ4n) is 3.74. The van der Waals surface area contributed by atoms with E-state index < -0.39 is 0 Å². The molecule has 7 heteroatoms. The summed E-state index contributed by atoms with van der Waals surface area (Å²) in [4.78, 5) is 17.2. The fraction of sp³-hybridized carbons (Fsp3) is 0.333. The molecule has 3 aromatic rings. The summed E-state index contributed by atoms with van der Waals surface area (Å²) in [6.45, 7) is 1.72. The summed E-state index contributed by atoms with van der Waals surface area (Å²) >= 11 is 0. The number of hydrogen-bond acceptors (Lipinski definition) is 4. The van der Waals surface area contributed by atoms with Crippen LogP contribution in [0, 0.1) is 5.82 Å². The van der Waals surface area contributed by atoms with Gasteiger partial charge < -0.3 is 14.5 Å². The molecule has 1 amide bonds. The topological polar surface area (TPSA) is 50.6 Å². The highest BCUT2D eigenvalue weighted by Gasteiger charge is 2.25. The first-order valence-electron chi connectivity index (χ1n) is 10.5. The van der Waals surface area contributed by atoms with Crippen LogP contribution in [0.15, 0.2) is 60.8 Å². The highest BCUT2D eigenvalue weighted by molar-refractivity contribution is 5.92. The van der Waals surface area contributed by atoms with Crippen molar-refractivity contribution in [3.63, 3.8) is 0 Å². The van der Waals surface area contributed by atoms with Crippen molar-refractivity contribution in [2.75, 3.05) is 32.1 Å². The number of ether oxygens (including phenoxy) is 1. The number of nitrogens with zero attached hydrogens (tertiary/aromatic N) is 4. The van der Waals surface area contributed by atoms with Crippen LogP contribution < -0.4 is 4.90 Å². The molecule has 0 aliphatic carbocycles. The molecule has 1 unspecified atom stereocenters. The third kappa shape index (κ3) is 5.11. The van der Waals surface area contributed by atoms with Crippen molar-refractivity contribution >= 4 is 11.6 Å². The lowest BCUT2D eigenvalue weighted by Gasteiger charge is -2.25. The first-order valence-corrected chi connectivity index (χ1v) is 10.5. The van der Waals surface area contributed by atoms with E-state index in [0.29, 0.717) is 24.5 Å². The lowest BCUT2D eigenvalue weighted by molar-refractivity contribution is 0.0502. The molecule has 1 aliphatic heterocycles. The second-order valence-corrected chi connectivity index (χ2v) is 8.01. The van der Waals surface area contributed by atoms with Crippen molar-refractivity contribution in [2.24, 2.45) is 0 Å². The van der Waals surface area contributed by atoms with Gasteiger partial charge in [0.25, 0.3) is 5.91 Å². The molecule has 0 saturated carbocycles. The number of amides is 1. The minimum atomic E-state index is -0.345. The minimum absolute atomic E-state index is 0.0373. The number of halogens is 1. The van der Waals surface area contributed by atoms with Crippen LogP contribution in [0.3, 0.4) is 0 Å². The van der Waals surface area contributed by atoms with Crippen LogP contribution in [0.1, 0.15) is 28.9 Å². The smallest absolute Gasteiger partial charge is 0.274 e. The number of rotatable bonds is 7. The minimum Gasteiger partial charge on any atom is -0.378 e. The van der Waals surface area contributed by atoms with Gasteiger partial charge in [-0.25, -0.2) is 9.07 Å². The average molecular weight is 423 g/mol. The lowest BCUT2D eigenvalue weighted by atomic mass is 10.1. The summed E-state index contributed by atoms with van der Waals surface area (Å²) in [5.74, 6) is -0.510. The largest absolute Gasteiger partial charge is 0.378 e. The van der Waals surface area contributed by atoms with Crippen molar-refractivity contribution in [3.05, 3.63) is 77.9 Å². The first kappa shape index (κ1) is 21.1. The Hall–Kier alpha value is -3.19. The van der Waals surface area contributed by atoms with Crippen LogP contribution in [-0.4, -0.2) is 53.9 Å². The van der Waals surface area contributed by atoms with Crippen LogP contribution >= 0.6 is 0 Å². The zero-order valence-corrected chi connectivity index (χ0v) is 17.9. The summed E-state index contributed by atoms with van der Waals surface area (Å²) < 4.78 is 20.9. The molecule has 31 heavy (non-hydrogen) atoms. The fourth-order valence-corrected chi connectivity index (χ4v) is 3.74. The summed E-state index contributed by atoms with van der Waals surface area (Å²) in [5, 5.41) is 4.41. The molecule has 1 saturated heterocycles. The molecule has 1 atom stereocenters. The summed E-state index contributed by atoms with van der Waals surface area (Å²) in [6, 6.07) is 16.0. The maximum Gasteiger partial charge on any atom is 0.274 e. The highest BCUT2D eigenvalue weighted by atomic mass is 19.1. The molecule has 4 rings (SSSR count). The third-order valence-corrected chi connectivity index (χ3v) is 5.44. The Balaban J connectivity index is 1.55. The van der Waals surface area contributed by atoms with Crippen molar-refractivity contribution in [1.29, 1.82) is 0 Å². The predicted octanol–water partition coefficient (Wildman–Crippen LogP) is 3.90. The number of hydrogen-bond donors (Lipinski definition) is 0. The van der Waals surface area contributed by atoms with Gasteiger partial charge >= 0.3 is 0 Å². The van der Waals surface area contributed by atoms with E-state index in [1.807, 2.05) is 43.3 Å². The first-order chi connectivity index (χ1) is 15.0. The number of aromatic nitrogens is 2. The zero-order valence-electron chi connectivity index (χ0n) is 17.9.